The summed E-state index contributed by atoms with van der Waals surface area (Å²) in [6.45, 7) is 5.13. The highest BCUT2D eigenvalue weighted by Crippen LogP contribution is 2.24. The highest BCUT2D eigenvalue weighted by molar-refractivity contribution is 6.30. The minimum Gasteiger partial charge on any atom is -0.434 e. The molecule has 1 aliphatic heterocycles. The quantitative estimate of drug-likeness (QED) is 0.539. The number of halogens is 3. The lowest BCUT2D eigenvalue weighted by atomic mass is 10.0. The first-order chi connectivity index (χ1) is 12.9. The summed E-state index contributed by atoms with van der Waals surface area (Å²) >= 11 is 5.99. The van der Waals surface area contributed by atoms with Crippen LogP contribution in [0.1, 0.15) is 32.3 Å². The third-order valence-corrected chi connectivity index (χ3v) is 4.70. The molecule has 0 aliphatic carbocycles. The fourth-order valence-electron chi connectivity index (χ4n) is 3.24. The van der Waals surface area contributed by atoms with Crippen molar-refractivity contribution in [2.45, 2.75) is 45.9 Å². The fraction of sp³-hybridized carbons (Fsp3) is 0.632. The topological polar surface area (TPSA) is 48.9 Å². The molecule has 1 aliphatic rings. The van der Waals surface area contributed by atoms with Gasteiger partial charge in [0.05, 0.1) is 0 Å². The normalized spacial score (nSPS) is 16.8. The van der Waals surface area contributed by atoms with Crippen molar-refractivity contribution in [3.63, 3.8) is 0 Å². The minimum absolute atomic E-state index is 0.111. The molecule has 1 fully saturated rings. The lowest BCUT2D eigenvalue weighted by Crippen LogP contribution is -2.49. The number of guanidine groups is 1. The van der Waals surface area contributed by atoms with Crippen LogP contribution in [0.3, 0.4) is 0 Å². The number of aliphatic imine (C=N–C) groups is 1. The zero-order valence-electron chi connectivity index (χ0n) is 16.1. The van der Waals surface area contributed by atoms with Crippen LogP contribution in [0.4, 0.5) is 8.78 Å². The van der Waals surface area contributed by atoms with Crippen molar-refractivity contribution >= 4 is 17.6 Å². The summed E-state index contributed by atoms with van der Waals surface area (Å²) in [6.07, 6.45) is 2.09. The third kappa shape index (κ3) is 7.50. The van der Waals surface area contributed by atoms with Crippen LogP contribution >= 0.6 is 11.6 Å². The molecule has 0 radical (unpaired) electrons. The van der Waals surface area contributed by atoms with E-state index in [1.807, 2.05) is 0 Å². The Kier molecular flexibility index (Phi) is 8.57. The van der Waals surface area contributed by atoms with E-state index in [9.17, 15) is 8.78 Å². The van der Waals surface area contributed by atoms with Gasteiger partial charge in [-0.2, -0.15) is 8.78 Å². The zero-order chi connectivity index (χ0) is 19.8. The lowest BCUT2D eigenvalue weighted by Gasteiger charge is -2.34. The molecule has 1 aromatic rings. The first-order valence-electron chi connectivity index (χ1n) is 9.30. The molecule has 2 rings (SSSR count). The summed E-state index contributed by atoms with van der Waals surface area (Å²) in [5, 5.41) is 7.04. The van der Waals surface area contributed by atoms with Crippen molar-refractivity contribution in [3.8, 4) is 5.75 Å². The molecule has 0 saturated carbocycles. The molecular weight excluding hydrogens is 374 g/mol. The van der Waals surface area contributed by atoms with Crippen molar-refractivity contribution < 1.29 is 13.5 Å². The second kappa shape index (κ2) is 10.7. The number of piperidine rings is 1. The monoisotopic (exact) mass is 402 g/mol. The Morgan fingerprint density at radius 3 is 2.63 bits per heavy atom. The average Bonchev–Trinajstić information content (AvgIpc) is 2.61. The standard InChI is InChI=1S/C19H29ClF2N4O/c1-13(2)12-26-8-6-16(7-9-26)25-19(23-3)24-11-14-10-15(20)4-5-17(14)27-18(21)22/h4-5,10,13,16,18H,6-9,11-12H2,1-3H3,(H2,23,24,25). The SMILES string of the molecule is CN=C(NCc1cc(Cl)ccc1OC(F)F)NC1CCN(CC(C)C)CC1. The number of alkyl halides is 2. The van der Waals surface area contributed by atoms with E-state index in [2.05, 4.69) is 39.1 Å². The van der Waals surface area contributed by atoms with Gasteiger partial charge < -0.3 is 20.3 Å². The number of ether oxygens (including phenoxy) is 1. The first-order valence-corrected chi connectivity index (χ1v) is 9.68. The molecule has 8 heteroatoms. The van der Waals surface area contributed by atoms with Gasteiger partial charge in [0.1, 0.15) is 5.75 Å². The predicted molar refractivity (Wildman–Crippen MR) is 106 cm³/mol. The van der Waals surface area contributed by atoms with Crippen molar-refractivity contribution in [2.24, 2.45) is 10.9 Å². The van der Waals surface area contributed by atoms with Crippen molar-refractivity contribution in [2.75, 3.05) is 26.7 Å². The predicted octanol–water partition coefficient (Wildman–Crippen LogP) is 3.73. The number of hydrogen-bond donors (Lipinski definition) is 2. The van der Waals surface area contributed by atoms with Gasteiger partial charge in [-0.15, -0.1) is 0 Å². The van der Waals surface area contributed by atoms with Crippen LogP contribution in [0.15, 0.2) is 23.2 Å². The van der Waals surface area contributed by atoms with Crippen LogP contribution in [0.25, 0.3) is 0 Å². The Hall–Kier alpha value is -1.60. The van der Waals surface area contributed by atoms with E-state index >= 15 is 0 Å². The van der Waals surface area contributed by atoms with E-state index in [-0.39, 0.29) is 12.3 Å². The van der Waals surface area contributed by atoms with E-state index in [0.717, 1.165) is 32.5 Å². The molecular formula is C19H29ClF2N4O. The van der Waals surface area contributed by atoms with Gasteiger partial charge >= 0.3 is 6.61 Å². The maximum atomic E-state index is 12.6. The van der Waals surface area contributed by atoms with Crippen molar-refractivity contribution in [1.82, 2.24) is 15.5 Å². The van der Waals surface area contributed by atoms with Gasteiger partial charge in [-0.25, -0.2) is 0 Å². The molecule has 0 amide bonds. The van der Waals surface area contributed by atoms with Crippen LogP contribution < -0.4 is 15.4 Å². The van der Waals surface area contributed by atoms with E-state index in [1.54, 1.807) is 13.1 Å². The number of nitrogens with one attached hydrogen (secondary N) is 2. The van der Waals surface area contributed by atoms with Gasteiger partial charge in [-0.3, -0.25) is 4.99 Å². The highest BCUT2D eigenvalue weighted by Gasteiger charge is 2.20. The van der Waals surface area contributed by atoms with E-state index < -0.39 is 6.61 Å². The van der Waals surface area contributed by atoms with Crippen LogP contribution in [-0.2, 0) is 6.54 Å². The first kappa shape index (κ1) is 21.7. The Bertz CT molecular complexity index is 620. The molecule has 5 nitrogen and oxygen atoms in total. The molecule has 1 heterocycles. The van der Waals surface area contributed by atoms with E-state index in [1.165, 1.54) is 12.1 Å². The lowest BCUT2D eigenvalue weighted by molar-refractivity contribution is -0.0504. The second-order valence-electron chi connectivity index (χ2n) is 7.17. The summed E-state index contributed by atoms with van der Waals surface area (Å²) in [5.74, 6) is 1.42. The Morgan fingerprint density at radius 2 is 2.04 bits per heavy atom. The summed E-state index contributed by atoms with van der Waals surface area (Å²) in [7, 11) is 1.69. The number of likely N-dealkylation sites (tertiary alicyclic amines) is 1. The smallest absolute Gasteiger partial charge is 0.387 e. The third-order valence-electron chi connectivity index (χ3n) is 4.46. The molecule has 1 aromatic carbocycles. The molecule has 0 bridgehead atoms. The van der Waals surface area contributed by atoms with E-state index in [0.29, 0.717) is 28.5 Å². The maximum Gasteiger partial charge on any atom is 0.387 e. The van der Waals surface area contributed by atoms with Gasteiger partial charge in [0.15, 0.2) is 5.96 Å². The summed E-state index contributed by atoms with van der Waals surface area (Å²) < 4.78 is 29.7. The van der Waals surface area contributed by atoms with Gasteiger partial charge in [0.25, 0.3) is 0 Å². The van der Waals surface area contributed by atoms with Crippen LogP contribution in [0, 0.1) is 5.92 Å². The Morgan fingerprint density at radius 1 is 1.33 bits per heavy atom. The Balaban J connectivity index is 1.87. The number of benzene rings is 1. The van der Waals surface area contributed by atoms with Crippen LogP contribution in [0.2, 0.25) is 5.02 Å². The average molecular weight is 403 g/mol. The minimum atomic E-state index is -2.88. The van der Waals surface area contributed by atoms with E-state index in [4.69, 9.17) is 11.6 Å². The molecule has 0 aromatic heterocycles. The molecule has 0 spiro atoms. The summed E-state index contributed by atoms with van der Waals surface area (Å²) in [4.78, 5) is 6.72. The largest absolute Gasteiger partial charge is 0.434 e. The summed E-state index contributed by atoms with van der Waals surface area (Å²) in [5.41, 5.74) is 0.553. The van der Waals surface area contributed by atoms with Gasteiger partial charge in [0.2, 0.25) is 0 Å². The number of hydrogen-bond acceptors (Lipinski definition) is 3. The fourth-order valence-corrected chi connectivity index (χ4v) is 3.44. The molecule has 0 unspecified atom stereocenters. The molecule has 0 atom stereocenters. The summed E-state index contributed by atoms with van der Waals surface area (Å²) in [6, 6.07) is 4.94. The van der Waals surface area contributed by atoms with Crippen LogP contribution in [0.5, 0.6) is 5.75 Å². The molecule has 2 N–H and O–H groups in total. The zero-order valence-corrected chi connectivity index (χ0v) is 16.9. The van der Waals surface area contributed by atoms with Crippen LogP contribution in [-0.4, -0.2) is 50.2 Å². The van der Waals surface area contributed by atoms with Gasteiger partial charge in [0, 0.05) is 49.9 Å². The van der Waals surface area contributed by atoms with Crippen molar-refractivity contribution in [1.29, 1.82) is 0 Å². The molecule has 152 valence electrons. The molecule has 1 saturated heterocycles. The number of rotatable bonds is 7. The highest BCUT2D eigenvalue weighted by atomic mass is 35.5. The van der Waals surface area contributed by atoms with Gasteiger partial charge in [-0.1, -0.05) is 25.4 Å². The Labute approximate surface area is 165 Å². The maximum absolute atomic E-state index is 12.6. The second-order valence-corrected chi connectivity index (χ2v) is 7.61. The number of nitrogens with zero attached hydrogens (tertiary/aromatic N) is 2. The van der Waals surface area contributed by atoms with Crippen molar-refractivity contribution in [3.05, 3.63) is 28.8 Å². The van der Waals surface area contributed by atoms with Gasteiger partial charge in [-0.05, 0) is 37.0 Å². The molecule has 27 heavy (non-hydrogen) atoms.